The number of carbonyl (C=O) groups is 1. The topological polar surface area (TPSA) is 40.5 Å². The zero-order valence-electron chi connectivity index (χ0n) is 9.97. The van der Waals surface area contributed by atoms with Crippen molar-refractivity contribution in [3.05, 3.63) is 29.8 Å². The van der Waals surface area contributed by atoms with Crippen LogP contribution in [0.1, 0.15) is 25.3 Å². The van der Waals surface area contributed by atoms with Crippen molar-refractivity contribution in [2.45, 2.75) is 32.4 Å². The smallest absolute Gasteiger partial charge is 0.223 e. The molecule has 2 aliphatic rings. The molecule has 1 aromatic carbocycles. The van der Waals surface area contributed by atoms with E-state index in [2.05, 4.69) is 6.92 Å². The molecule has 0 aromatic heterocycles. The molecule has 3 nitrogen and oxygen atoms in total. The Morgan fingerprint density at radius 1 is 1.35 bits per heavy atom. The lowest BCUT2D eigenvalue weighted by molar-refractivity contribution is -0.135. The molecule has 17 heavy (non-hydrogen) atoms. The molecule has 0 spiro atoms. The second-order valence-electron chi connectivity index (χ2n) is 5.34. The second kappa shape index (κ2) is 3.76. The summed E-state index contributed by atoms with van der Waals surface area (Å²) in [6.45, 7) is 2.87. The monoisotopic (exact) mass is 231 g/mol. The molecule has 1 heterocycles. The minimum absolute atomic E-state index is 0.275. The Morgan fingerprint density at radius 2 is 2.06 bits per heavy atom. The highest BCUT2D eigenvalue weighted by Crippen LogP contribution is 2.47. The number of piperidine rings is 1. The summed E-state index contributed by atoms with van der Waals surface area (Å²) in [6.07, 6.45) is 1.87. The van der Waals surface area contributed by atoms with Crippen molar-refractivity contribution < 1.29 is 9.90 Å². The van der Waals surface area contributed by atoms with Crippen LogP contribution in [0.3, 0.4) is 0 Å². The van der Waals surface area contributed by atoms with E-state index in [1.54, 1.807) is 12.1 Å². The number of likely N-dealkylation sites (tertiary alicyclic amines) is 1. The minimum atomic E-state index is 0.275. The van der Waals surface area contributed by atoms with E-state index in [-0.39, 0.29) is 11.7 Å². The first kappa shape index (κ1) is 10.6. The zero-order chi connectivity index (χ0) is 12.0. The van der Waals surface area contributed by atoms with Gasteiger partial charge >= 0.3 is 0 Å². The van der Waals surface area contributed by atoms with Gasteiger partial charge in [-0.2, -0.15) is 0 Å². The number of hydrogen-bond donors (Lipinski definition) is 1. The van der Waals surface area contributed by atoms with Crippen molar-refractivity contribution in [3.8, 4) is 5.75 Å². The van der Waals surface area contributed by atoms with Gasteiger partial charge < -0.3 is 10.0 Å². The molecule has 0 radical (unpaired) electrons. The molecule has 1 aromatic rings. The Hall–Kier alpha value is -1.51. The van der Waals surface area contributed by atoms with Gasteiger partial charge in [-0.1, -0.05) is 19.1 Å². The minimum Gasteiger partial charge on any atom is -0.508 e. The third kappa shape index (κ3) is 1.90. The number of hydrogen-bond acceptors (Lipinski definition) is 2. The first-order valence-electron chi connectivity index (χ1n) is 6.22. The van der Waals surface area contributed by atoms with E-state index in [1.165, 1.54) is 6.42 Å². The molecule has 0 bridgehead atoms. The molecule has 3 heteroatoms. The normalized spacial score (nSPS) is 31.2. The summed E-state index contributed by atoms with van der Waals surface area (Å²) < 4.78 is 0. The Labute approximate surface area is 101 Å². The maximum absolute atomic E-state index is 12.0. The van der Waals surface area contributed by atoms with Crippen LogP contribution in [0, 0.1) is 11.8 Å². The third-order valence-corrected chi connectivity index (χ3v) is 4.04. The molecular weight excluding hydrogens is 214 g/mol. The van der Waals surface area contributed by atoms with E-state index in [0.717, 1.165) is 11.5 Å². The number of fused-ring (bicyclic) bond motifs is 1. The second-order valence-corrected chi connectivity index (χ2v) is 5.34. The number of phenols is 1. The third-order valence-electron chi connectivity index (χ3n) is 4.04. The maximum Gasteiger partial charge on any atom is 0.223 e. The number of rotatable bonds is 2. The van der Waals surface area contributed by atoms with Crippen LogP contribution in [0.25, 0.3) is 0 Å². The van der Waals surface area contributed by atoms with Crippen LogP contribution in [-0.2, 0) is 11.3 Å². The highest BCUT2D eigenvalue weighted by atomic mass is 16.3. The van der Waals surface area contributed by atoms with Crippen LogP contribution in [0.2, 0.25) is 0 Å². The highest BCUT2D eigenvalue weighted by Gasteiger charge is 2.50. The summed E-state index contributed by atoms with van der Waals surface area (Å²) >= 11 is 0. The highest BCUT2D eigenvalue weighted by molar-refractivity contribution is 5.78. The predicted octanol–water partition coefficient (Wildman–Crippen LogP) is 2.15. The van der Waals surface area contributed by atoms with Gasteiger partial charge in [-0.25, -0.2) is 0 Å². The van der Waals surface area contributed by atoms with Crippen LogP contribution < -0.4 is 0 Å². The van der Waals surface area contributed by atoms with Crippen molar-refractivity contribution >= 4 is 5.91 Å². The average molecular weight is 231 g/mol. The lowest BCUT2D eigenvalue weighted by Gasteiger charge is -2.29. The van der Waals surface area contributed by atoms with Gasteiger partial charge in [0.05, 0.1) is 0 Å². The molecule has 1 N–H and O–H groups in total. The van der Waals surface area contributed by atoms with E-state index in [4.69, 9.17) is 0 Å². The number of carbonyl (C=O) groups excluding carboxylic acids is 1. The summed E-state index contributed by atoms with van der Waals surface area (Å²) in [6, 6.07) is 7.60. The first-order valence-corrected chi connectivity index (χ1v) is 6.22. The largest absolute Gasteiger partial charge is 0.508 e. The fourth-order valence-electron chi connectivity index (χ4n) is 2.90. The fraction of sp³-hybridized carbons (Fsp3) is 0.500. The van der Waals surface area contributed by atoms with Crippen LogP contribution in [-0.4, -0.2) is 22.0 Å². The van der Waals surface area contributed by atoms with Crippen molar-refractivity contribution in [1.29, 1.82) is 0 Å². The number of benzene rings is 1. The van der Waals surface area contributed by atoms with E-state index in [1.807, 2.05) is 17.0 Å². The van der Waals surface area contributed by atoms with Gasteiger partial charge in [0, 0.05) is 19.0 Å². The van der Waals surface area contributed by atoms with Crippen LogP contribution in [0.4, 0.5) is 0 Å². The summed E-state index contributed by atoms with van der Waals surface area (Å²) in [5, 5.41) is 9.23. The van der Waals surface area contributed by atoms with Gasteiger partial charge in [0.1, 0.15) is 5.75 Å². The van der Waals surface area contributed by atoms with Gasteiger partial charge in [-0.3, -0.25) is 4.79 Å². The Bertz CT molecular complexity index is 440. The molecule has 1 saturated carbocycles. The SMILES string of the molecule is CC1CC(=O)N(Cc2ccc(O)cc2)C2CC12. The van der Waals surface area contributed by atoms with Crippen LogP contribution >= 0.6 is 0 Å². The van der Waals surface area contributed by atoms with E-state index >= 15 is 0 Å². The van der Waals surface area contributed by atoms with Gasteiger partial charge in [0.2, 0.25) is 5.91 Å². The first-order chi connectivity index (χ1) is 8.15. The molecule has 1 amide bonds. The summed E-state index contributed by atoms with van der Waals surface area (Å²) in [4.78, 5) is 14.0. The van der Waals surface area contributed by atoms with E-state index < -0.39 is 0 Å². The van der Waals surface area contributed by atoms with Gasteiger partial charge in [0.25, 0.3) is 0 Å². The molecule has 2 fully saturated rings. The Balaban J connectivity index is 1.73. The molecule has 3 rings (SSSR count). The summed E-state index contributed by atoms with van der Waals surface area (Å²) in [5.41, 5.74) is 1.09. The summed E-state index contributed by atoms with van der Waals surface area (Å²) in [7, 11) is 0. The summed E-state index contributed by atoms with van der Waals surface area (Å²) in [5.74, 6) is 1.84. The van der Waals surface area contributed by atoms with E-state index in [0.29, 0.717) is 24.9 Å². The van der Waals surface area contributed by atoms with Crippen molar-refractivity contribution in [3.63, 3.8) is 0 Å². The van der Waals surface area contributed by atoms with Gasteiger partial charge in [-0.05, 0) is 36.0 Å². The molecule has 1 aliphatic carbocycles. The quantitative estimate of drug-likeness (QED) is 0.847. The standard InChI is InChI=1S/C14H17NO2/c1-9-6-14(17)15(13-7-12(9)13)8-10-2-4-11(16)5-3-10/h2-5,9,12-13,16H,6-8H2,1H3. The molecule has 3 atom stereocenters. The van der Waals surface area contributed by atoms with Crippen LogP contribution in [0.15, 0.2) is 24.3 Å². The van der Waals surface area contributed by atoms with Crippen molar-refractivity contribution in [2.24, 2.45) is 11.8 Å². The number of amides is 1. The predicted molar refractivity (Wildman–Crippen MR) is 64.3 cm³/mol. The molecule has 90 valence electrons. The molecule has 1 aliphatic heterocycles. The molecular formula is C14H17NO2. The Morgan fingerprint density at radius 3 is 2.76 bits per heavy atom. The number of aromatic hydroxyl groups is 1. The lowest BCUT2D eigenvalue weighted by atomic mass is 9.97. The van der Waals surface area contributed by atoms with E-state index in [9.17, 15) is 9.90 Å². The average Bonchev–Trinajstić information content (AvgIpc) is 3.07. The van der Waals surface area contributed by atoms with Crippen LogP contribution in [0.5, 0.6) is 5.75 Å². The van der Waals surface area contributed by atoms with Gasteiger partial charge in [0.15, 0.2) is 0 Å². The molecule has 1 saturated heterocycles. The number of nitrogens with zero attached hydrogens (tertiary/aromatic N) is 1. The zero-order valence-corrected chi connectivity index (χ0v) is 9.97. The lowest BCUT2D eigenvalue weighted by Crippen LogP contribution is -2.39. The maximum atomic E-state index is 12.0. The number of phenolic OH excluding ortho intramolecular Hbond substituents is 1. The molecule has 3 unspecified atom stereocenters. The fourth-order valence-corrected chi connectivity index (χ4v) is 2.90. The van der Waals surface area contributed by atoms with Crippen molar-refractivity contribution in [2.75, 3.05) is 0 Å². The van der Waals surface area contributed by atoms with Gasteiger partial charge in [-0.15, -0.1) is 0 Å². The van der Waals surface area contributed by atoms with Crippen molar-refractivity contribution in [1.82, 2.24) is 4.90 Å². The Kier molecular flexibility index (Phi) is 2.35.